The molecule has 2 rings (SSSR count). The number of rotatable bonds is 5. The number of hydrogen-bond donors (Lipinski definition) is 1. The first-order valence-corrected chi connectivity index (χ1v) is 6.73. The zero-order valence-corrected chi connectivity index (χ0v) is 11.2. The van der Waals surface area contributed by atoms with Crippen LogP contribution in [0.1, 0.15) is 24.8 Å². The van der Waals surface area contributed by atoms with Crippen LogP contribution in [-0.2, 0) is 25.7 Å². The molecule has 0 spiro atoms. The number of carbonyl (C=O) groups is 2. The lowest BCUT2D eigenvalue weighted by atomic mass is 9.96. The number of esters is 1. The van der Waals surface area contributed by atoms with Crippen molar-refractivity contribution in [3.8, 4) is 0 Å². The summed E-state index contributed by atoms with van der Waals surface area (Å²) in [4.78, 5) is 23.2. The Morgan fingerprint density at radius 1 is 1.30 bits per heavy atom. The summed E-state index contributed by atoms with van der Waals surface area (Å²) in [7, 11) is 0. The minimum atomic E-state index is -1.24. The van der Waals surface area contributed by atoms with E-state index in [4.69, 9.17) is 9.47 Å². The van der Waals surface area contributed by atoms with Gasteiger partial charge in [0.15, 0.2) is 5.92 Å². The second kappa shape index (κ2) is 7.05. The fourth-order valence-corrected chi connectivity index (χ4v) is 2.26. The zero-order chi connectivity index (χ0) is 14.4. The fourth-order valence-electron chi connectivity index (χ4n) is 2.26. The third kappa shape index (κ3) is 3.81. The van der Waals surface area contributed by atoms with Crippen molar-refractivity contribution in [2.75, 3.05) is 6.61 Å². The number of carboxylic acid groups (broad SMARTS) is 1. The van der Waals surface area contributed by atoms with Gasteiger partial charge in [-0.2, -0.15) is 0 Å². The molecule has 108 valence electrons. The molecule has 2 atom stereocenters. The summed E-state index contributed by atoms with van der Waals surface area (Å²) in [6.45, 7) is 0.580. The molecule has 0 amide bonds. The lowest BCUT2D eigenvalue weighted by Crippen LogP contribution is -2.39. The van der Waals surface area contributed by atoms with E-state index in [1.54, 1.807) is 0 Å². The Kier molecular flexibility index (Phi) is 5.12. The summed E-state index contributed by atoms with van der Waals surface area (Å²) in [5.74, 6) is -3.15. The number of ether oxygens (including phenoxy) is 2. The van der Waals surface area contributed by atoms with Gasteiger partial charge in [0.25, 0.3) is 0 Å². The van der Waals surface area contributed by atoms with Crippen LogP contribution in [-0.4, -0.2) is 29.8 Å². The van der Waals surface area contributed by atoms with Gasteiger partial charge in [-0.25, -0.2) is 0 Å². The molecule has 0 bridgehead atoms. The predicted molar refractivity (Wildman–Crippen MR) is 71.0 cm³/mol. The minimum Gasteiger partial charge on any atom is -0.481 e. The number of carbonyl (C=O) groups excluding carboxylic acids is 1. The second-order valence-corrected chi connectivity index (χ2v) is 4.81. The Labute approximate surface area is 117 Å². The molecule has 2 unspecified atom stereocenters. The monoisotopic (exact) mass is 278 g/mol. The average Bonchev–Trinajstić information content (AvgIpc) is 2.47. The molecular weight excluding hydrogens is 260 g/mol. The molecule has 0 radical (unpaired) electrons. The van der Waals surface area contributed by atoms with Crippen molar-refractivity contribution < 1.29 is 24.2 Å². The Bertz CT molecular complexity index is 451. The Balaban J connectivity index is 1.95. The van der Waals surface area contributed by atoms with Gasteiger partial charge >= 0.3 is 11.9 Å². The standard InChI is InChI=1S/C15H18O5/c16-14(17)13(12-8-4-5-9-19-12)15(18)20-10-11-6-2-1-3-7-11/h1-3,6-7,12-13H,4-5,8-10H2,(H,16,17). The second-order valence-electron chi connectivity index (χ2n) is 4.81. The molecule has 1 fully saturated rings. The Hall–Kier alpha value is -1.88. The van der Waals surface area contributed by atoms with E-state index in [0.717, 1.165) is 18.4 Å². The van der Waals surface area contributed by atoms with Gasteiger partial charge in [0, 0.05) is 6.61 Å². The van der Waals surface area contributed by atoms with Gasteiger partial charge in [-0.05, 0) is 24.8 Å². The average molecular weight is 278 g/mol. The third-order valence-corrected chi connectivity index (χ3v) is 3.33. The van der Waals surface area contributed by atoms with Gasteiger partial charge in [-0.1, -0.05) is 30.3 Å². The molecule has 1 N–H and O–H groups in total. The molecule has 0 aliphatic carbocycles. The van der Waals surface area contributed by atoms with E-state index >= 15 is 0 Å². The van der Waals surface area contributed by atoms with E-state index in [2.05, 4.69) is 0 Å². The lowest BCUT2D eigenvalue weighted by Gasteiger charge is -2.26. The number of benzene rings is 1. The quantitative estimate of drug-likeness (QED) is 0.658. The third-order valence-electron chi connectivity index (χ3n) is 3.33. The van der Waals surface area contributed by atoms with Crippen molar-refractivity contribution in [2.24, 2.45) is 5.92 Å². The van der Waals surface area contributed by atoms with Crippen LogP contribution in [0.15, 0.2) is 30.3 Å². The molecular formula is C15H18O5. The van der Waals surface area contributed by atoms with Crippen molar-refractivity contribution in [2.45, 2.75) is 32.0 Å². The van der Waals surface area contributed by atoms with Gasteiger partial charge < -0.3 is 14.6 Å². The van der Waals surface area contributed by atoms with E-state index in [9.17, 15) is 14.7 Å². The molecule has 5 nitrogen and oxygen atoms in total. The number of hydrogen-bond acceptors (Lipinski definition) is 4. The zero-order valence-electron chi connectivity index (χ0n) is 11.2. The number of aliphatic carboxylic acids is 1. The molecule has 1 saturated heterocycles. The summed E-state index contributed by atoms with van der Waals surface area (Å²) < 4.78 is 10.5. The van der Waals surface area contributed by atoms with Crippen LogP contribution in [0.3, 0.4) is 0 Å². The summed E-state index contributed by atoms with van der Waals surface area (Å²) in [5, 5.41) is 9.21. The smallest absolute Gasteiger partial charge is 0.323 e. The maximum absolute atomic E-state index is 12.0. The summed E-state index contributed by atoms with van der Waals surface area (Å²) >= 11 is 0. The van der Waals surface area contributed by atoms with Crippen LogP contribution in [0.4, 0.5) is 0 Å². The Morgan fingerprint density at radius 2 is 2.05 bits per heavy atom. The van der Waals surface area contributed by atoms with Crippen LogP contribution >= 0.6 is 0 Å². The molecule has 1 aromatic carbocycles. The SMILES string of the molecule is O=C(O)C(C(=O)OCc1ccccc1)C1CCCCO1. The van der Waals surface area contributed by atoms with Crippen LogP contribution in [0.5, 0.6) is 0 Å². The van der Waals surface area contributed by atoms with Crippen molar-refractivity contribution >= 4 is 11.9 Å². The van der Waals surface area contributed by atoms with Crippen molar-refractivity contribution in [1.29, 1.82) is 0 Å². The topological polar surface area (TPSA) is 72.8 Å². The largest absolute Gasteiger partial charge is 0.481 e. The highest BCUT2D eigenvalue weighted by molar-refractivity contribution is 5.94. The fraction of sp³-hybridized carbons (Fsp3) is 0.467. The Morgan fingerprint density at radius 3 is 2.65 bits per heavy atom. The summed E-state index contributed by atoms with van der Waals surface area (Å²) in [6.07, 6.45) is 1.78. The van der Waals surface area contributed by atoms with Crippen LogP contribution < -0.4 is 0 Å². The van der Waals surface area contributed by atoms with Gasteiger partial charge in [0.05, 0.1) is 6.10 Å². The highest BCUT2D eigenvalue weighted by Gasteiger charge is 2.37. The van der Waals surface area contributed by atoms with E-state index in [-0.39, 0.29) is 6.61 Å². The molecule has 1 aliphatic rings. The molecule has 1 aliphatic heterocycles. The lowest BCUT2D eigenvalue weighted by molar-refractivity contribution is -0.168. The first-order valence-electron chi connectivity index (χ1n) is 6.73. The van der Waals surface area contributed by atoms with Crippen LogP contribution in [0.2, 0.25) is 0 Å². The molecule has 1 heterocycles. The summed E-state index contributed by atoms with van der Waals surface area (Å²) in [6, 6.07) is 9.17. The van der Waals surface area contributed by atoms with Gasteiger partial charge in [0.2, 0.25) is 0 Å². The van der Waals surface area contributed by atoms with Crippen molar-refractivity contribution in [3.63, 3.8) is 0 Å². The van der Waals surface area contributed by atoms with Crippen LogP contribution in [0, 0.1) is 5.92 Å². The van der Waals surface area contributed by atoms with E-state index in [0.29, 0.717) is 13.0 Å². The highest BCUT2D eigenvalue weighted by atomic mass is 16.5. The maximum Gasteiger partial charge on any atom is 0.323 e. The molecule has 0 saturated carbocycles. The van der Waals surface area contributed by atoms with Crippen molar-refractivity contribution in [3.05, 3.63) is 35.9 Å². The first kappa shape index (κ1) is 14.5. The molecule has 5 heteroatoms. The number of carboxylic acids is 1. The highest BCUT2D eigenvalue weighted by Crippen LogP contribution is 2.22. The normalized spacial score (nSPS) is 20.1. The van der Waals surface area contributed by atoms with Crippen molar-refractivity contribution in [1.82, 2.24) is 0 Å². The van der Waals surface area contributed by atoms with Gasteiger partial charge in [-0.3, -0.25) is 9.59 Å². The van der Waals surface area contributed by atoms with E-state index < -0.39 is 24.0 Å². The van der Waals surface area contributed by atoms with Gasteiger partial charge in [0.1, 0.15) is 6.61 Å². The first-order chi connectivity index (χ1) is 9.68. The molecule has 1 aromatic rings. The van der Waals surface area contributed by atoms with E-state index in [1.807, 2.05) is 30.3 Å². The van der Waals surface area contributed by atoms with E-state index in [1.165, 1.54) is 0 Å². The minimum absolute atomic E-state index is 0.0795. The van der Waals surface area contributed by atoms with Gasteiger partial charge in [-0.15, -0.1) is 0 Å². The summed E-state index contributed by atoms with van der Waals surface area (Å²) in [5.41, 5.74) is 0.828. The van der Waals surface area contributed by atoms with Crippen LogP contribution in [0.25, 0.3) is 0 Å². The maximum atomic E-state index is 12.0. The predicted octanol–water partition coefficient (Wildman–Crippen LogP) is 2.00. The molecule has 0 aromatic heterocycles. The molecule has 20 heavy (non-hydrogen) atoms.